The summed E-state index contributed by atoms with van der Waals surface area (Å²) in [4.78, 5) is 17.1. The number of thioether (sulfide) groups is 1. The number of hydrogen-bond acceptors (Lipinski definition) is 6. The minimum Gasteiger partial charge on any atom is -0.404 e. The Hall–Kier alpha value is -2.74. The number of hydrogen-bond donors (Lipinski definition) is 0. The van der Waals surface area contributed by atoms with E-state index in [1.54, 1.807) is 11.8 Å². The molecule has 0 radical (unpaired) electrons. The highest BCUT2D eigenvalue weighted by Gasteiger charge is 2.51. The number of pyridine rings is 1. The van der Waals surface area contributed by atoms with Crippen LogP contribution >= 0.6 is 11.8 Å². The first-order valence-electron chi connectivity index (χ1n) is 14.1. The minimum absolute atomic E-state index is 0.0261. The normalized spacial score (nSPS) is 15.5. The molecular formula is C32H40N4OSSi. The van der Waals surface area contributed by atoms with E-state index in [0.29, 0.717) is 0 Å². The van der Waals surface area contributed by atoms with Crippen molar-refractivity contribution in [3.05, 3.63) is 78.6 Å². The maximum atomic E-state index is 7.36. The number of benzene rings is 2. The zero-order chi connectivity index (χ0) is 27.5. The number of nitrogens with zero attached hydrogens (tertiary/aromatic N) is 4. The molecule has 3 heterocycles. The lowest BCUT2D eigenvalue weighted by atomic mass is 10.1. The van der Waals surface area contributed by atoms with E-state index in [9.17, 15) is 0 Å². The van der Waals surface area contributed by atoms with Gasteiger partial charge >= 0.3 is 0 Å². The van der Waals surface area contributed by atoms with E-state index in [0.717, 1.165) is 47.1 Å². The molecule has 5 rings (SSSR count). The van der Waals surface area contributed by atoms with Gasteiger partial charge in [-0.1, -0.05) is 93.2 Å². The number of anilines is 1. The SMILES string of the molecule is CSc1ncc2cc(C[C@H](C)O[Si](c3ccccc3)(c3ccccc3)C(C)(C)C)nc(N3CCCCC3)c2n1. The van der Waals surface area contributed by atoms with Crippen LogP contribution in [0, 0.1) is 0 Å². The molecule has 1 aliphatic rings. The van der Waals surface area contributed by atoms with Crippen molar-refractivity contribution in [1.82, 2.24) is 15.0 Å². The van der Waals surface area contributed by atoms with Crippen LogP contribution in [-0.2, 0) is 10.8 Å². The van der Waals surface area contributed by atoms with Crippen LogP contribution in [0.2, 0.25) is 5.04 Å². The van der Waals surface area contributed by atoms with Crippen LogP contribution in [-0.4, -0.2) is 48.7 Å². The third kappa shape index (κ3) is 5.76. The molecule has 1 saturated heterocycles. The van der Waals surface area contributed by atoms with Crippen LogP contribution in [0.25, 0.3) is 10.9 Å². The zero-order valence-corrected chi connectivity index (χ0v) is 25.7. The fourth-order valence-corrected chi connectivity index (χ4v) is 11.0. The van der Waals surface area contributed by atoms with E-state index < -0.39 is 8.32 Å². The third-order valence-electron chi connectivity index (χ3n) is 7.71. The van der Waals surface area contributed by atoms with Gasteiger partial charge in [0.2, 0.25) is 0 Å². The van der Waals surface area contributed by atoms with Crippen molar-refractivity contribution in [1.29, 1.82) is 0 Å². The van der Waals surface area contributed by atoms with Crippen molar-refractivity contribution in [3.8, 4) is 0 Å². The average Bonchev–Trinajstić information content (AvgIpc) is 2.96. The maximum Gasteiger partial charge on any atom is 0.261 e. The van der Waals surface area contributed by atoms with Crippen molar-refractivity contribution in [3.63, 3.8) is 0 Å². The van der Waals surface area contributed by atoms with Gasteiger partial charge in [0.25, 0.3) is 8.32 Å². The number of aromatic nitrogens is 3. The van der Waals surface area contributed by atoms with E-state index in [1.165, 1.54) is 29.6 Å². The monoisotopic (exact) mass is 556 g/mol. The fraction of sp³-hybridized carbons (Fsp3) is 0.406. The molecule has 0 spiro atoms. The van der Waals surface area contributed by atoms with Gasteiger partial charge in [0.1, 0.15) is 5.52 Å². The van der Waals surface area contributed by atoms with Gasteiger partial charge < -0.3 is 9.33 Å². The maximum absolute atomic E-state index is 7.36. The highest BCUT2D eigenvalue weighted by atomic mass is 32.2. The Labute approximate surface area is 238 Å². The molecule has 4 aromatic rings. The Morgan fingerprint density at radius 1 is 0.923 bits per heavy atom. The highest BCUT2D eigenvalue weighted by Crippen LogP contribution is 2.38. The van der Waals surface area contributed by atoms with E-state index in [4.69, 9.17) is 14.4 Å². The summed E-state index contributed by atoms with van der Waals surface area (Å²) >= 11 is 1.57. The zero-order valence-electron chi connectivity index (χ0n) is 23.9. The predicted molar refractivity (Wildman–Crippen MR) is 167 cm³/mol. The molecule has 0 amide bonds. The lowest BCUT2D eigenvalue weighted by molar-refractivity contribution is 0.205. The molecule has 0 bridgehead atoms. The quantitative estimate of drug-likeness (QED) is 0.145. The fourth-order valence-electron chi connectivity index (χ4n) is 5.92. The number of fused-ring (bicyclic) bond motifs is 1. The molecule has 1 atom stereocenters. The topological polar surface area (TPSA) is 51.1 Å². The van der Waals surface area contributed by atoms with Gasteiger partial charge in [0.05, 0.1) is 0 Å². The second-order valence-electron chi connectivity index (χ2n) is 11.6. The van der Waals surface area contributed by atoms with Crippen LogP contribution in [0.3, 0.4) is 0 Å². The summed E-state index contributed by atoms with van der Waals surface area (Å²) in [5.74, 6) is 0.998. The second-order valence-corrected chi connectivity index (χ2v) is 16.6. The van der Waals surface area contributed by atoms with Crippen molar-refractivity contribution in [2.24, 2.45) is 0 Å². The molecule has 39 heavy (non-hydrogen) atoms. The van der Waals surface area contributed by atoms with Crippen molar-refractivity contribution >= 4 is 47.2 Å². The summed E-state index contributed by atoms with van der Waals surface area (Å²) < 4.78 is 7.36. The Kier molecular flexibility index (Phi) is 8.40. The van der Waals surface area contributed by atoms with Gasteiger partial charge in [-0.3, -0.25) is 0 Å². The van der Waals surface area contributed by atoms with Crippen LogP contribution in [0.15, 0.2) is 78.1 Å². The molecule has 0 saturated carbocycles. The molecule has 0 unspecified atom stereocenters. The van der Waals surface area contributed by atoms with Crippen LogP contribution in [0.5, 0.6) is 0 Å². The molecule has 5 nitrogen and oxygen atoms in total. The Balaban J connectivity index is 1.54. The summed E-state index contributed by atoms with van der Waals surface area (Å²) in [6.07, 6.45) is 8.35. The van der Waals surface area contributed by atoms with E-state index in [2.05, 4.69) is 104 Å². The van der Waals surface area contributed by atoms with Gasteiger partial charge in [-0.2, -0.15) is 0 Å². The number of piperidine rings is 1. The Bertz CT molecular complexity index is 1350. The molecule has 204 valence electrons. The first-order valence-corrected chi connectivity index (χ1v) is 17.2. The van der Waals surface area contributed by atoms with Crippen molar-refractivity contribution in [2.45, 2.75) is 69.7 Å². The average molecular weight is 557 g/mol. The summed E-state index contributed by atoms with van der Waals surface area (Å²) in [5, 5.41) is 4.37. The lowest BCUT2D eigenvalue weighted by Gasteiger charge is -2.44. The molecule has 0 aliphatic carbocycles. The van der Waals surface area contributed by atoms with Gasteiger partial charge in [0.15, 0.2) is 11.0 Å². The van der Waals surface area contributed by atoms with Gasteiger partial charge in [-0.05, 0) is 53.9 Å². The first kappa shape index (κ1) is 27.8. The van der Waals surface area contributed by atoms with E-state index in [-0.39, 0.29) is 11.1 Å². The molecule has 7 heteroatoms. The molecule has 1 fully saturated rings. The molecule has 2 aromatic carbocycles. The number of rotatable bonds is 8. The highest BCUT2D eigenvalue weighted by molar-refractivity contribution is 7.98. The summed E-state index contributed by atoms with van der Waals surface area (Å²) in [5.41, 5.74) is 1.99. The minimum atomic E-state index is -2.64. The summed E-state index contributed by atoms with van der Waals surface area (Å²) in [6.45, 7) is 11.2. The first-order chi connectivity index (χ1) is 18.8. The second kappa shape index (κ2) is 11.8. The van der Waals surface area contributed by atoms with Gasteiger partial charge in [0, 0.05) is 42.9 Å². The predicted octanol–water partition coefficient (Wildman–Crippen LogP) is 6.24. The van der Waals surface area contributed by atoms with Crippen LogP contribution < -0.4 is 15.3 Å². The molecular weight excluding hydrogens is 517 g/mol. The van der Waals surface area contributed by atoms with Crippen molar-refractivity contribution in [2.75, 3.05) is 24.2 Å². The lowest BCUT2D eigenvalue weighted by Crippen LogP contribution is -2.67. The third-order valence-corrected chi connectivity index (χ3v) is 13.4. The standard InChI is InChI=1S/C32H40N4OSSi/c1-24(37-39(32(2,3)4,27-15-9-6-10-16-27)28-17-11-7-12-18-28)21-26-22-25-23-33-31(38-5)35-29(25)30(34-26)36-19-13-8-14-20-36/h6-7,9-12,15-18,22-24H,8,13-14,19-21H2,1-5H3/t24-/m0/s1. The van der Waals surface area contributed by atoms with Crippen LogP contribution in [0.1, 0.15) is 52.7 Å². The molecule has 2 aromatic heterocycles. The van der Waals surface area contributed by atoms with Crippen LogP contribution in [0.4, 0.5) is 5.82 Å². The largest absolute Gasteiger partial charge is 0.404 e. The molecule has 1 aliphatic heterocycles. The smallest absolute Gasteiger partial charge is 0.261 e. The van der Waals surface area contributed by atoms with Gasteiger partial charge in [-0.25, -0.2) is 15.0 Å². The van der Waals surface area contributed by atoms with E-state index >= 15 is 0 Å². The van der Waals surface area contributed by atoms with Gasteiger partial charge in [-0.15, -0.1) is 0 Å². The summed E-state index contributed by atoms with van der Waals surface area (Å²) in [6, 6.07) is 23.9. The summed E-state index contributed by atoms with van der Waals surface area (Å²) in [7, 11) is -2.64. The Morgan fingerprint density at radius 2 is 1.54 bits per heavy atom. The molecule has 0 N–H and O–H groups in total. The van der Waals surface area contributed by atoms with Crippen molar-refractivity contribution < 1.29 is 4.43 Å². The Morgan fingerprint density at radius 3 is 2.10 bits per heavy atom. The van der Waals surface area contributed by atoms with E-state index in [1.807, 2.05) is 12.5 Å².